The summed E-state index contributed by atoms with van der Waals surface area (Å²) < 4.78 is 5.25. The summed E-state index contributed by atoms with van der Waals surface area (Å²) in [5, 5.41) is 6.41. The Labute approximate surface area is 160 Å². The second kappa shape index (κ2) is 7.15. The first-order valence-electron chi connectivity index (χ1n) is 8.91. The average molecular weight is 374 g/mol. The van der Waals surface area contributed by atoms with Crippen molar-refractivity contribution in [3.05, 3.63) is 94.4 Å². The molecule has 0 aliphatic heterocycles. The van der Waals surface area contributed by atoms with Gasteiger partial charge in [0.15, 0.2) is 0 Å². The van der Waals surface area contributed by atoms with E-state index < -0.39 is 17.6 Å². The molecule has 6 nitrogen and oxygen atoms in total. The lowest BCUT2D eigenvalue weighted by molar-refractivity contribution is -0.117. The summed E-state index contributed by atoms with van der Waals surface area (Å²) in [4.78, 5) is 36.9. The summed E-state index contributed by atoms with van der Waals surface area (Å²) in [7, 11) is 0. The monoisotopic (exact) mass is 374 g/mol. The Morgan fingerprint density at radius 1 is 1.07 bits per heavy atom. The number of nitrogens with one attached hydrogen (secondary N) is 2. The van der Waals surface area contributed by atoms with Gasteiger partial charge in [-0.1, -0.05) is 49.0 Å². The maximum Gasteiger partial charge on any atom is 0.349 e. The molecule has 0 unspecified atom stereocenters. The number of carbonyl (C=O) groups is 2. The van der Waals surface area contributed by atoms with Gasteiger partial charge in [0.25, 0.3) is 5.91 Å². The van der Waals surface area contributed by atoms with Crippen LogP contribution in [0.4, 0.5) is 0 Å². The third-order valence-corrected chi connectivity index (χ3v) is 4.92. The van der Waals surface area contributed by atoms with Crippen LogP contribution in [0.1, 0.15) is 27.5 Å². The van der Waals surface area contributed by atoms with Crippen LogP contribution in [0, 0.1) is 0 Å². The van der Waals surface area contributed by atoms with Crippen LogP contribution in [0.5, 0.6) is 0 Å². The molecule has 3 aromatic rings. The zero-order valence-electron chi connectivity index (χ0n) is 15.0. The fourth-order valence-corrected chi connectivity index (χ4v) is 3.59. The second-order valence-corrected chi connectivity index (χ2v) is 6.66. The molecule has 1 aromatic heterocycles. The normalized spacial score (nSPS) is 17.7. The molecule has 0 radical (unpaired) electrons. The lowest BCUT2D eigenvalue weighted by atomic mass is 10.1. The molecule has 0 spiro atoms. The SMILES string of the molecule is C=CC(=O)N[C@@H]1c2ccccc2C[C@H]1NC(=O)c1cc2ccccc2oc1=O. The van der Waals surface area contributed by atoms with E-state index in [1.165, 1.54) is 12.1 Å². The van der Waals surface area contributed by atoms with Gasteiger partial charge in [-0.05, 0) is 35.8 Å². The molecule has 4 rings (SSSR count). The van der Waals surface area contributed by atoms with Crippen molar-refractivity contribution < 1.29 is 14.0 Å². The van der Waals surface area contributed by atoms with Gasteiger partial charge < -0.3 is 15.1 Å². The molecule has 0 saturated carbocycles. The Balaban J connectivity index is 1.63. The molecule has 2 amide bonds. The first-order chi connectivity index (χ1) is 13.6. The standard InChI is InChI=1S/C22H18N2O4/c1-2-19(25)24-20-15-9-5-3-7-13(15)12-17(20)23-21(26)16-11-14-8-4-6-10-18(14)28-22(16)27/h2-11,17,20H,1,12H2,(H,23,26)(H,24,25)/t17-,20-/m1/s1. The summed E-state index contributed by atoms with van der Waals surface area (Å²) in [5.41, 5.74) is 1.64. The molecule has 1 aliphatic rings. The Hall–Kier alpha value is -3.67. The van der Waals surface area contributed by atoms with Crippen LogP contribution < -0.4 is 16.3 Å². The van der Waals surface area contributed by atoms with Gasteiger partial charge in [0.1, 0.15) is 11.1 Å². The number of para-hydroxylation sites is 1. The first-order valence-corrected chi connectivity index (χ1v) is 8.91. The minimum Gasteiger partial charge on any atom is -0.422 e. The highest BCUT2D eigenvalue weighted by atomic mass is 16.4. The second-order valence-electron chi connectivity index (χ2n) is 6.66. The molecule has 1 aliphatic carbocycles. The molecule has 0 saturated heterocycles. The maximum atomic E-state index is 12.8. The van der Waals surface area contributed by atoms with Crippen LogP contribution in [0.2, 0.25) is 0 Å². The summed E-state index contributed by atoms with van der Waals surface area (Å²) in [6.45, 7) is 3.48. The van der Waals surface area contributed by atoms with E-state index >= 15 is 0 Å². The highest BCUT2D eigenvalue weighted by Crippen LogP contribution is 2.31. The number of carbonyl (C=O) groups excluding carboxylic acids is 2. The third-order valence-electron chi connectivity index (χ3n) is 4.92. The van der Waals surface area contributed by atoms with Crippen molar-refractivity contribution in [2.45, 2.75) is 18.5 Å². The number of rotatable bonds is 4. The first kappa shape index (κ1) is 17.7. The topological polar surface area (TPSA) is 88.4 Å². The van der Waals surface area contributed by atoms with E-state index in [2.05, 4.69) is 17.2 Å². The van der Waals surface area contributed by atoms with Gasteiger partial charge in [-0.15, -0.1) is 0 Å². The van der Waals surface area contributed by atoms with Gasteiger partial charge in [0.2, 0.25) is 5.91 Å². The Bertz CT molecular complexity index is 1150. The smallest absolute Gasteiger partial charge is 0.349 e. The maximum absolute atomic E-state index is 12.8. The van der Waals surface area contributed by atoms with Crippen molar-refractivity contribution >= 4 is 22.8 Å². The number of hydrogen-bond donors (Lipinski definition) is 2. The Morgan fingerprint density at radius 3 is 2.64 bits per heavy atom. The van der Waals surface area contributed by atoms with Gasteiger partial charge in [0, 0.05) is 5.39 Å². The predicted molar refractivity (Wildman–Crippen MR) is 105 cm³/mol. The molecular weight excluding hydrogens is 356 g/mol. The summed E-state index contributed by atoms with van der Waals surface area (Å²) in [6.07, 6.45) is 1.74. The molecule has 2 N–H and O–H groups in total. The van der Waals surface area contributed by atoms with Crippen LogP contribution in [-0.2, 0) is 11.2 Å². The molecule has 140 valence electrons. The van der Waals surface area contributed by atoms with Gasteiger partial charge in [-0.3, -0.25) is 9.59 Å². The Kier molecular flexibility index (Phi) is 4.53. The number of fused-ring (bicyclic) bond motifs is 2. The predicted octanol–water partition coefficient (Wildman–Crippen LogP) is 2.49. The van der Waals surface area contributed by atoms with Crippen molar-refractivity contribution in [2.24, 2.45) is 0 Å². The zero-order valence-corrected chi connectivity index (χ0v) is 15.0. The molecule has 6 heteroatoms. The molecule has 1 heterocycles. The van der Waals surface area contributed by atoms with E-state index in [1.54, 1.807) is 24.3 Å². The molecule has 0 bridgehead atoms. The van der Waals surface area contributed by atoms with Crippen molar-refractivity contribution in [1.82, 2.24) is 10.6 Å². The van der Waals surface area contributed by atoms with Crippen molar-refractivity contribution in [3.8, 4) is 0 Å². The van der Waals surface area contributed by atoms with E-state index in [0.717, 1.165) is 11.1 Å². The number of amides is 2. The molecular formula is C22H18N2O4. The van der Waals surface area contributed by atoms with Gasteiger partial charge in [0.05, 0.1) is 12.1 Å². The van der Waals surface area contributed by atoms with E-state index in [0.29, 0.717) is 17.4 Å². The highest BCUT2D eigenvalue weighted by molar-refractivity contribution is 5.97. The minimum atomic E-state index is -0.696. The Morgan fingerprint density at radius 2 is 1.82 bits per heavy atom. The summed E-state index contributed by atoms with van der Waals surface area (Å²) in [5.74, 6) is -0.860. The van der Waals surface area contributed by atoms with Crippen LogP contribution in [0.3, 0.4) is 0 Å². The van der Waals surface area contributed by atoms with Crippen molar-refractivity contribution in [1.29, 1.82) is 0 Å². The highest BCUT2D eigenvalue weighted by Gasteiger charge is 2.34. The van der Waals surface area contributed by atoms with Crippen LogP contribution in [0.15, 0.2) is 76.5 Å². The minimum absolute atomic E-state index is 0.0662. The largest absolute Gasteiger partial charge is 0.422 e. The van der Waals surface area contributed by atoms with E-state index in [1.807, 2.05) is 24.3 Å². The van der Waals surface area contributed by atoms with Gasteiger partial charge in [-0.25, -0.2) is 4.79 Å². The van der Waals surface area contributed by atoms with Gasteiger partial charge in [-0.2, -0.15) is 0 Å². The van der Waals surface area contributed by atoms with E-state index in [9.17, 15) is 14.4 Å². The lowest BCUT2D eigenvalue weighted by Crippen LogP contribution is -2.45. The molecule has 28 heavy (non-hydrogen) atoms. The van der Waals surface area contributed by atoms with Crippen LogP contribution in [-0.4, -0.2) is 17.9 Å². The lowest BCUT2D eigenvalue weighted by Gasteiger charge is -2.22. The molecule has 2 atom stereocenters. The van der Waals surface area contributed by atoms with E-state index in [-0.39, 0.29) is 17.5 Å². The van der Waals surface area contributed by atoms with Gasteiger partial charge >= 0.3 is 5.63 Å². The third kappa shape index (κ3) is 3.20. The fourth-order valence-electron chi connectivity index (χ4n) is 3.59. The molecule has 0 fully saturated rings. The van der Waals surface area contributed by atoms with Crippen molar-refractivity contribution in [2.75, 3.05) is 0 Å². The molecule has 2 aromatic carbocycles. The fraction of sp³-hybridized carbons (Fsp3) is 0.136. The van der Waals surface area contributed by atoms with E-state index in [4.69, 9.17) is 4.42 Å². The summed E-state index contributed by atoms with van der Waals surface area (Å²) in [6, 6.07) is 15.4. The van der Waals surface area contributed by atoms with Crippen LogP contribution in [0.25, 0.3) is 11.0 Å². The number of benzene rings is 2. The summed E-state index contributed by atoms with van der Waals surface area (Å²) >= 11 is 0. The average Bonchev–Trinajstić information content (AvgIpc) is 3.04. The zero-order chi connectivity index (χ0) is 19.7. The van der Waals surface area contributed by atoms with Crippen molar-refractivity contribution in [3.63, 3.8) is 0 Å². The number of hydrogen-bond acceptors (Lipinski definition) is 4. The van der Waals surface area contributed by atoms with Crippen LogP contribution >= 0.6 is 0 Å². The quantitative estimate of drug-likeness (QED) is 0.542.